The lowest BCUT2D eigenvalue weighted by Crippen LogP contribution is -2.41. The molecule has 168 valence electrons. The first kappa shape index (κ1) is 23.6. The summed E-state index contributed by atoms with van der Waals surface area (Å²) < 4.78 is 0. The Labute approximate surface area is 191 Å². The predicted octanol–water partition coefficient (Wildman–Crippen LogP) is 3.54. The van der Waals surface area contributed by atoms with Crippen LogP contribution in [0, 0.1) is 6.92 Å². The van der Waals surface area contributed by atoms with E-state index in [0.717, 1.165) is 22.4 Å². The Kier molecular flexibility index (Phi) is 7.37. The second kappa shape index (κ2) is 10.0. The van der Waals surface area contributed by atoms with Gasteiger partial charge in [0.25, 0.3) is 5.91 Å². The van der Waals surface area contributed by atoms with Gasteiger partial charge in [0, 0.05) is 5.56 Å². The van der Waals surface area contributed by atoms with E-state index >= 15 is 0 Å². The number of thioether (sulfide) groups is 1. The van der Waals surface area contributed by atoms with Crippen LogP contribution in [0.25, 0.3) is 11.1 Å². The fourth-order valence-electron chi connectivity index (χ4n) is 3.59. The molecule has 2 unspecified atom stereocenters. The minimum atomic E-state index is -1.05. The number of rotatable bonds is 9. The summed E-state index contributed by atoms with van der Waals surface area (Å²) in [6.45, 7) is 3.85. The van der Waals surface area contributed by atoms with E-state index in [-0.39, 0.29) is 0 Å². The maximum absolute atomic E-state index is 13.2. The zero-order valence-electron chi connectivity index (χ0n) is 18.4. The number of nitrogens with zero attached hydrogens (tertiary/aromatic N) is 1. The average Bonchev–Trinajstić information content (AvgIpc) is 3.32. The molecular formula is C24H28N4O3S. The molecule has 2 aromatic carbocycles. The third kappa shape index (κ3) is 5.03. The van der Waals surface area contributed by atoms with E-state index in [1.54, 1.807) is 24.7 Å². The van der Waals surface area contributed by atoms with Crippen molar-refractivity contribution in [2.45, 2.75) is 31.8 Å². The molecule has 1 heterocycles. The van der Waals surface area contributed by atoms with Gasteiger partial charge in [0.05, 0.1) is 23.8 Å². The van der Waals surface area contributed by atoms with E-state index in [1.165, 1.54) is 11.8 Å². The van der Waals surface area contributed by atoms with Gasteiger partial charge in [-0.25, -0.2) is 9.78 Å². The highest BCUT2D eigenvalue weighted by Crippen LogP contribution is 2.33. The van der Waals surface area contributed by atoms with Gasteiger partial charge in [0.15, 0.2) is 0 Å². The molecule has 0 aliphatic carbocycles. The van der Waals surface area contributed by atoms with Gasteiger partial charge in [-0.3, -0.25) is 4.79 Å². The normalized spacial score (nSPS) is 13.9. The Balaban J connectivity index is 2.07. The highest BCUT2D eigenvalue weighted by molar-refractivity contribution is 7.98. The molecule has 1 aromatic heterocycles. The first-order valence-electron chi connectivity index (χ1n) is 10.3. The molecule has 8 heteroatoms. The standard InChI is InChI=1S/C24H28N4O3S/c1-15-6-4-5-7-17(15)19-12-16(24(2,25)21-13-26-14-27-21)8-9-18(19)22(29)28-20(23(30)31)10-11-32-3/h4-9,12-14,20H,10-11,25H2,1-3H3,(H,26,27)(H,28,29)(H,30,31). The van der Waals surface area contributed by atoms with Crippen molar-refractivity contribution >= 4 is 23.6 Å². The summed E-state index contributed by atoms with van der Waals surface area (Å²) in [5.41, 5.74) is 10.3. The van der Waals surface area contributed by atoms with Crippen LogP contribution in [-0.4, -0.2) is 45.0 Å². The summed E-state index contributed by atoms with van der Waals surface area (Å²) in [5, 5.41) is 12.2. The van der Waals surface area contributed by atoms with Gasteiger partial charge < -0.3 is 21.1 Å². The summed E-state index contributed by atoms with van der Waals surface area (Å²) in [5.74, 6) is -0.838. The van der Waals surface area contributed by atoms with Crippen LogP contribution in [0.15, 0.2) is 55.0 Å². The van der Waals surface area contributed by atoms with Crippen LogP contribution in [-0.2, 0) is 10.3 Å². The summed E-state index contributed by atoms with van der Waals surface area (Å²) in [6.07, 6.45) is 5.50. The molecule has 0 aliphatic heterocycles. The van der Waals surface area contributed by atoms with Crippen LogP contribution in [0.2, 0.25) is 0 Å². The lowest BCUT2D eigenvalue weighted by atomic mass is 9.85. The van der Waals surface area contributed by atoms with Crippen LogP contribution in [0.5, 0.6) is 0 Å². The number of aryl methyl sites for hydroxylation is 1. The minimum absolute atomic E-state index is 0.348. The number of aromatic amines is 1. The predicted molar refractivity (Wildman–Crippen MR) is 128 cm³/mol. The fraction of sp³-hybridized carbons (Fsp3) is 0.292. The maximum atomic E-state index is 13.2. The summed E-state index contributed by atoms with van der Waals surface area (Å²) in [4.78, 5) is 32.0. The number of aliphatic carboxylic acids is 1. The quantitative estimate of drug-likeness (QED) is 0.394. The van der Waals surface area contributed by atoms with Crippen molar-refractivity contribution in [2.75, 3.05) is 12.0 Å². The number of carbonyl (C=O) groups is 2. The van der Waals surface area contributed by atoms with Crippen molar-refractivity contribution in [3.8, 4) is 11.1 Å². The van der Waals surface area contributed by atoms with E-state index in [9.17, 15) is 14.7 Å². The highest BCUT2D eigenvalue weighted by Gasteiger charge is 2.28. The third-order valence-electron chi connectivity index (χ3n) is 5.57. The number of hydrogen-bond donors (Lipinski definition) is 4. The molecule has 3 rings (SSSR count). The number of nitrogens with two attached hydrogens (primary N) is 1. The van der Waals surface area contributed by atoms with Gasteiger partial charge in [0.1, 0.15) is 6.04 Å². The average molecular weight is 453 g/mol. The van der Waals surface area contributed by atoms with Gasteiger partial charge in [-0.1, -0.05) is 30.3 Å². The number of hydrogen-bond acceptors (Lipinski definition) is 5. The number of nitrogens with one attached hydrogen (secondary N) is 2. The molecule has 7 nitrogen and oxygen atoms in total. The van der Waals surface area contributed by atoms with E-state index in [4.69, 9.17) is 5.73 Å². The second-order valence-electron chi connectivity index (χ2n) is 7.89. The molecule has 3 aromatic rings. The fourth-order valence-corrected chi connectivity index (χ4v) is 4.06. The van der Waals surface area contributed by atoms with Crippen molar-refractivity contribution in [1.29, 1.82) is 0 Å². The second-order valence-corrected chi connectivity index (χ2v) is 8.87. The number of carboxylic acids is 1. The van der Waals surface area contributed by atoms with Crippen molar-refractivity contribution in [2.24, 2.45) is 5.73 Å². The number of H-pyrrole nitrogens is 1. The molecule has 0 bridgehead atoms. The number of carbonyl (C=O) groups excluding carboxylic acids is 1. The number of carboxylic acid groups (broad SMARTS) is 1. The van der Waals surface area contributed by atoms with Gasteiger partial charge >= 0.3 is 5.97 Å². The zero-order valence-corrected chi connectivity index (χ0v) is 19.2. The van der Waals surface area contributed by atoms with Crippen molar-refractivity contribution in [3.63, 3.8) is 0 Å². The summed E-state index contributed by atoms with van der Waals surface area (Å²) in [7, 11) is 0. The van der Waals surface area contributed by atoms with Crippen LogP contribution in [0.4, 0.5) is 0 Å². The summed E-state index contributed by atoms with van der Waals surface area (Å²) >= 11 is 1.54. The maximum Gasteiger partial charge on any atom is 0.326 e. The van der Waals surface area contributed by atoms with Crippen LogP contribution >= 0.6 is 11.8 Å². The van der Waals surface area contributed by atoms with Gasteiger partial charge in [0.2, 0.25) is 0 Å². The lowest BCUT2D eigenvalue weighted by Gasteiger charge is -2.25. The molecule has 0 spiro atoms. The highest BCUT2D eigenvalue weighted by atomic mass is 32.2. The Morgan fingerprint density at radius 1 is 1.25 bits per heavy atom. The lowest BCUT2D eigenvalue weighted by molar-refractivity contribution is -0.139. The topological polar surface area (TPSA) is 121 Å². The van der Waals surface area contributed by atoms with Crippen molar-refractivity contribution in [3.05, 3.63) is 77.4 Å². The molecule has 1 amide bonds. The van der Waals surface area contributed by atoms with Crippen molar-refractivity contribution in [1.82, 2.24) is 15.3 Å². The van der Waals surface area contributed by atoms with Gasteiger partial charge in [-0.2, -0.15) is 11.8 Å². The minimum Gasteiger partial charge on any atom is -0.480 e. The Morgan fingerprint density at radius 2 is 2.00 bits per heavy atom. The number of benzene rings is 2. The largest absolute Gasteiger partial charge is 0.480 e. The van der Waals surface area contributed by atoms with Crippen LogP contribution in [0.1, 0.15) is 40.5 Å². The smallest absolute Gasteiger partial charge is 0.326 e. The molecule has 0 fully saturated rings. The number of aromatic nitrogens is 2. The van der Waals surface area contributed by atoms with E-state index in [2.05, 4.69) is 15.3 Å². The Morgan fingerprint density at radius 3 is 2.62 bits per heavy atom. The first-order chi connectivity index (χ1) is 15.3. The zero-order chi connectivity index (χ0) is 23.3. The number of amides is 1. The molecule has 2 atom stereocenters. The Hall–Kier alpha value is -3.10. The molecule has 5 N–H and O–H groups in total. The molecule has 0 radical (unpaired) electrons. The van der Waals surface area contributed by atoms with Crippen LogP contribution in [0.3, 0.4) is 0 Å². The van der Waals surface area contributed by atoms with Crippen molar-refractivity contribution < 1.29 is 14.7 Å². The van der Waals surface area contributed by atoms with E-state index in [1.807, 2.05) is 50.4 Å². The summed E-state index contributed by atoms with van der Waals surface area (Å²) in [6, 6.07) is 12.2. The third-order valence-corrected chi connectivity index (χ3v) is 6.21. The SMILES string of the molecule is CSCCC(NC(=O)c1ccc(C(C)(N)c2cnc[nH]2)cc1-c1ccccc1C)C(=O)O. The molecule has 0 saturated carbocycles. The Bertz CT molecular complexity index is 1100. The monoisotopic (exact) mass is 452 g/mol. The van der Waals surface area contributed by atoms with Gasteiger partial charge in [-0.15, -0.1) is 0 Å². The molecule has 32 heavy (non-hydrogen) atoms. The molecular weight excluding hydrogens is 424 g/mol. The van der Waals surface area contributed by atoms with Gasteiger partial charge in [-0.05, 0) is 66.7 Å². The van der Waals surface area contributed by atoms with E-state index < -0.39 is 23.5 Å². The van der Waals surface area contributed by atoms with E-state index in [0.29, 0.717) is 23.3 Å². The van der Waals surface area contributed by atoms with Crippen LogP contribution < -0.4 is 11.1 Å². The number of imidazole rings is 1. The first-order valence-corrected chi connectivity index (χ1v) is 11.7. The molecule has 0 saturated heterocycles. The molecule has 0 aliphatic rings.